The number of nitrogens with zero attached hydrogens (tertiary/aromatic N) is 2. The van der Waals surface area contributed by atoms with Gasteiger partial charge in [0.15, 0.2) is 0 Å². The summed E-state index contributed by atoms with van der Waals surface area (Å²) in [6, 6.07) is 9.18. The lowest BCUT2D eigenvalue weighted by molar-refractivity contribution is 1.15. The third-order valence-electron chi connectivity index (χ3n) is 3.08. The molecular weight excluding hydrogens is 329 g/mol. The summed E-state index contributed by atoms with van der Waals surface area (Å²) in [5.41, 5.74) is 3.35. The van der Waals surface area contributed by atoms with Gasteiger partial charge in [-0.25, -0.2) is 0 Å². The molecule has 6 heteroatoms. The van der Waals surface area contributed by atoms with Gasteiger partial charge in [-0.15, -0.1) is 0 Å². The lowest BCUT2D eigenvalue weighted by Gasteiger charge is -2.11. The monoisotopic (exact) mass is 337 g/mol. The highest BCUT2D eigenvalue weighted by Gasteiger charge is 2.09. The summed E-state index contributed by atoms with van der Waals surface area (Å²) in [4.78, 5) is 8.50. The molecule has 1 N–H and O–H groups in total. The Morgan fingerprint density at radius 3 is 2.38 bits per heavy atom. The summed E-state index contributed by atoms with van der Waals surface area (Å²) < 4.78 is 0. The van der Waals surface area contributed by atoms with Gasteiger partial charge in [0.05, 0.1) is 21.1 Å². The summed E-state index contributed by atoms with van der Waals surface area (Å²) >= 11 is 18.3. The van der Waals surface area contributed by atoms with Crippen LogP contribution in [-0.2, 0) is 6.54 Å². The molecule has 3 rings (SSSR count). The fourth-order valence-electron chi connectivity index (χ4n) is 1.99. The fraction of sp³-hybridized carbons (Fsp3) is 0.0667. The molecule has 0 fully saturated rings. The zero-order valence-electron chi connectivity index (χ0n) is 10.8. The van der Waals surface area contributed by atoms with Crippen molar-refractivity contribution in [1.29, 1.82) is 0 Å². The van der Waals surface area contributed by atoms with Crippen LogP contribution in [0.1, 0.15) is 5.56 Å². The van der Waals surface area contributed by atoms with E-state index in [0.717, 1.165) is 22.3 Å². The lowest BCUT2D eigenvalue weighted by Crippen LogP contribution is -2.01. The van der Waals surface area contributed by atoms with Crippen LogP contribution < -0.4 is 5.32 Å². The second-order valence-electron chi connectivity index (χ2n) is 4.44. The Kier molecular flexibility index (Phi) is 4.15. The van der Waals surface area contributed by atoms with Gasteiger partial charge in [0.1, 0.15) is 0 Å². The molecule has 0 amide bonds. The average Bonchev–Trinajstić information content (AvgIpc) is 2.51. The molecule has 0 saturated carbocycles. The third-order valence-corrected chi connectivity index (χ3v) is 4.28. The van der Waals surface area contributed by atoms with Gasteiger partial charge < -0.3 is 5.32 Å². The number of halogens is 3. The van der Waals surface area contributed by atoms with E-state index in [1.807, 2.05) is 18.2 Å². The van der Waals surface area contributed by atoms with Crippen molar-refractivity contribution >= 4 is 51.5 Å². The molecule has 2 aromatic carbocycles. The summed E-state index contributed by atoms with van der Waals surface area (Å²) in [7, 11) is 0. The van der Waals surface area contributed by atoms with Crippen LogP contribution in [0.3, 0.4) is 0 Å². The van der Waals surface area contributed by atoms with Gasteiger partial charge in [-0.1, -0.05) is 34.8 Å². The molecule has 1 aromatic heterocycles. The van der Waals surface area contributed by atoms with E-state index in [9.17, 15) is 0 Å². The molecule has 1 heterocycles. The van der Waals surface area contributed by atoms with Crippen LogP contribution in [-0.4, -0.2) is 9.97 Å². The molecule has 0 saturated heterocycles. The maximum atomic E-state index is 6.18. The van der Waals surface area contributed by atoms with Crippen molar-refractivity contribution in [3.8, 4) is 0 Å². The van der Waals surface area contributed by atoms with E-state index in [2.05, 4.69) is 15.3 Å². The highest BCUT2D eigenvalue weighted by Crippen LogP contribution is 2.32. The standard InChI is InChI=1S/C15H10Cl3N3/c16-11-2-3-12(17)15(18)10(11)8-21-9-1-4-13-14(7-9)20-6-5-19-13/h1-7,21H,8H2. The number of fused-ring (bicyclic) bond motifs is 1. The van der Waals surface area contributed by atoms with E-state index in [1.54, 1.807) is 24.5 Å². The number of nitrogens with one attached hydrogen (secondary N) is 1. The van der Waals surface area contributed by atoms with Crippen molar-refractivity contribution < 1.29 is 0 Å². The number of hydrogen-bond donors (Lipinski definition) is 1. The molecule has 0 radical (unpaired) electrons. The van der Waals surface area contributed by atoms with Crippen LogP contribution in [0.4, 0.5) is 5.69 Å². The fourth-order valence-corrected chi connectivity index (χ4v) is 2.68. The zero-order chi connectivity index (χ0) is 14.8. The topological polar surface area (TPSA) is 37.8 Å². The molecule has 0 aliphatic heterocycles. The molecule has 21 heavy (non-hydrogen) atoms. The van der Waals surface area contributed by atoms with E-state index in [-0.39, 0.29) is 0 Å². The molecule has 106 valence electrons. The molecule has 0 bridgehead atoms. The molecule has 3 nitrogen and oxygen atoms in total. The van der Waals surface area contributed by atoms with Gasteiger partial charge in [0, 0.05) is 35.2 Å². The van der Waals surface area contributed by atoms with Crippen LogP contribution in [0.5, 0.6) is 0 Å². The van der Waals surface area contributed by atoms with Gasteiger partial charge in [-0.3, -0.25) is 9.97 Å². The normalized spacial score (nSPS) is 10.8. The minimum Gasteiger partial charge on any atom is -0.381 e. The summed E-state index contributed by atoms with van der Waals surface area (Å²) in [6.07, 6.45) is 3.33. The molecule has 0 unspecified atom stereocenters. The smallest absolute Gasteiger partial charge is 0.0907 e. The van der Waals surface area contributed by atoms with Crippen molar-refractivity contribution in [3.63, 3.8) is 0 Å². The maximum Gasteiger partial charge on any atom is 0.0907 e. The first-order valence-electron chi connectivity index (χ1n) is 6.22. The average molecular weight is 339 g/mol. The minimum atomic E-state index is 0.470. The summed E-state index contributed by atoms with van der Waals surface area (Å²) in [5, 5.41) is 4.81. The zero-order valence-corrected chi connectivity index (χ0v) is 13.0. The Labute approximate surface area is 136 Å². The summed E-state index contributed by atoms with van der Waals surface area (Å²) in [5.74, 6) is 0. The number of aromatic nitrogens is 2. The predicted octanol–water partition coefficient (Wildman–Crippen LogP) is 5.20. The van der Waals surface area contributed by atoms with Gasteiger partial charge in [0.25, 0.3) is 0 Å². The van der Waals surface area contributed by atoms with Crippen LogP contribution in [0.15, 0.2) is 42.7 Å². The van der Waals surface area contributed by atoms with E-state index in [0.29, 0.717) is 21.6 Å². The van der Waals surface area contributed by atoms with Crippen LogP contribution >= 0.6 is 34.8 Å². The lowest BCUT2D eigenvalue weighted by atomic mass is 10.2. The van der Waals surface area contributed by atoms with Gasteiger partial charge >= 0.3 is 0 Å². The Morgan fingerprint density at radius 2 is 1.57 bits per heavy atom. The van der Waals surface area contributed by atoms with Crippen molar-refractivity contribution in [1.82, 2.24) is 9.97 Å². The molecule has 3 aromatic rings. The maximum absolute atomic E-state index is 6.18. The van der Waals surface area contributed by atoms with Crippen molar-refractivity contribution in [2.24, 2.45) is 0 Å². The van der Waals surface area contributed by atoms with E-state index in [1.165, 1.54) is 0 Å². The Hall–Kier alpha value is -1.55. The van der Waals surface area contributed by atoms with Gasteiger partial charge in [-0.05, 0) is 30.3 Å². The predicted molar refractivity (Wildman–Crippen MR) is 88.3 cm³/mol. The quantitative estimate of drug-likeness (QED) is 0.667. The molecular formula is C15H10Cl3N3. The number of rotatable bonds is 3. The van der Waals surface area contributed by atoms with Crippen molar-refractivity contribution in [2.45, 2.75) is 6.54 Å². The van der Waals surface area contributed by atoms with Crippen LogP contribution in [0.25, 0.3) is 11.0 Å². The SMILES string of the molecule is Clc1ccc(Cl)c(CNc2ccc3nccnc3c2)c1Cl. The second-order valence-corrected chi connectivity index (χ2v) is 5.63. The molecule has 0 aliphatic carbocycles. The largest absolute Gasteiger partial charge is 0.381 e. The Bertz CT molecular complexity index is 805. The first-order valence-corrected chi connectivity index (χ1v) is 7.35. The first-order chi connectivity index (χ1) is 10.1. The highest BCUT2D eigenvalue weighted by molar-refractivity contribution is 6.44. The van der Waals surface area contributed by atoms with E-state index < -0.39 is 0 Å². The van der Waals surface area contributed by atoms with E-state index >= 15 is 0 Å². The van der Waals surface area contributed by atoms with Gasteiger partial charge in [-0.2, -0.15) is 0 Å². The number of anilines is 1. The molecule has 0 atom stereocenters. The van der Waals surface area contributed by atoms with Gasteiger partial charge in [0.2, 0.25) is 0 Å². The first kappa shape index (κ1) is 14.4. The third kappa shape index (κ3) is 3.05. The van der Waals surface area contributed by atoms with E-state index in [4.69, 9.17) is 34.8 Å². The minimum absolute atomic E-state index is 0.470. The van der Waals surface area contributed by atoms with Crippen molar-refractivity contribution in [3.05, 3.63) is 63.4 Å². The Balaban J connectivity index is 1.85. The Morgan fingerprint density at radius 1 is 0.857 bits per heavy atom. The van der Waals surface area contributed by atoms with Crippen molar-refractivity contribution in [2.75, 3.05) is 5.32 Å². The number of hydrogen-bond acceptors (Lipinski definition) is 3. The summed E-state index contributed by atoms with van der Waals surface area (Å²) in [6.45, 7) is 0.476. The highest BCUT2D eigenvalue weighted by atomic mass is 35.5. The van der Waals surface area contributed by atoms with Crippen LogP contribution in [0, 0.1) is 0 Å². The van der Waals surface area contributed by atoms with Crippen LogP contribution in [0.2, 0.25) is 15.1 Å². The second kappa shape index (κ2) is 6.06. The number of benzene rings is 2. The molecule has 0 spiro atoms. The molecule has 0 aliphatic rings.